The van der Waals surface area contributed by atoms with E-state index in [2.05, 4.69) is 15.3 Å². The smallest absolute Gasteiger partial charge is 0.274 e. The third kappa shape index (κ3) is 3.65. The molecule has 0 unspecified atom stereocenters. The Balaban J connectivity index is 2.26. The molecule has 5 heteroatoms. The number of hydrogen-bond acceptors (Lipinski definition) is 4. The lowest BCUT2D eigenvalue weighted by molar-refractivity contribution is 0.102. The van der Waals surface area contributed by atoms with Crippen LogP contribution in [0.1, 0.15) is 30.0 Å². The Morgan fingerprint density at radius 2 is 1.90 bits per heavy atom. The molecule has 0 aliphatic heterocycles. The number of benzene rings is 1. The number of carbonyl (C=O) groups is 1. The van der Waals surface area contributed by atoms with Gasteiger partial charge in [0.1, 0.15) is 5.69 Å². The van der Waals surface area contributed by atoms with Crippen molar-refractivity contribution >= 4 is 23.6 Å². The Bertz CT molecular complexity index is 646. The standard InChI is InChI=1S/C15H16N4O/c1-10(2)8-12-9-13(19-15(16)18-12)14(20)17-11-6-4-3-5-7-11/h3-9H,1-2H3,(H,17,20)(H2,16,18,19). The van der Waals surface area contributed by atoms with Crippen LogP contribution in [-0.4, -0.2) is 15.9 Å². The van der Waals surface area contributed by atoms with E-state index < -0.39 is 0 Å². The molecule has 0 aliphatic rings. The minimum Gasteiger partial charge on any atom is -0.368 e. The van der Waals surface area contributed by atoms with Crippen LogP contribution in [0.3, 0.4) is 0 Å². The number of rotatable bonds is 3. The quantitative estimate of drug-likeness (QED) is 0.896. The number of anilines is 2. The van der Waals surface area contributed by atoms with E-state index in [1.54, 1.807) is 18.2 Å². The average molecular weight is 268 g/mol. The molecule has 2 aromatic rings. The van der Waals surface area contributed by atoms with E-state index in [0.29, 0.717) is 11.4 Å². The van der Waals surface area contributed by atoms with Gasteiger partial charge in [-0.3, -0.25) is 4.79 Å². The predicted molar refractivity (Wildman–Crippen MR) is 80.2 cm³/mol. The number of aromatic nitrogens is 2. The van der Waals surface area contributed by atoms with Crippen molar-refractivity contribution in [2.75, 3.05) is 11.1 Å². The van der Waals surface area contributed by atoms with Gasteiger partial charge < -0.3 is 11.1 Å². The minimum atomic E-state index is -0.311. The Hall–Kier alpha value is -2.69. The molecule has 1 aromatic heterocycles. The van der Waals surface area contributed by atoms with Crippen molar-refractivity contribution in [2.24, 2.45) is 0 Å². The summed E-state index contributed by atoms with van der Waals surface area (Å²) in [4.78, 5) is 20.2. The predicted octanol–water partition coefficient (Wildman–Crippen LogP) is 2.73. The van der Waals surface area contributed by atoms with Crippen LogP contribution in [0.15, 0.2) is 42.0 Å². The van der Waals surface area contributed by atoms with Crippen LogP contribution in [0.4, 0.5) is 11.6 Å². The second-order valence-corrected chi connectivity index (χ2v) is 4.58. The van der Waals surface area contributed by atoms with Gasteiger partial charge in [-0.15, -0.1) is 0 Å². The summed E-state index contributed by atoms with van der Waals surface area (Å²) < 4.78 is 0. The highest BCUT2D eigenvalue weighted by molar-refractivity contribution is 6.03. The lowest BCUT2D eigenvalue weighted by Gasteiger charge is -2.06. The number of nitrogen functional groups attached to an aromatic ring is 1. The fourth-order valence-corrected chi connectivity index (χ4v) is 1.69. The highest BCUT2D eigenvalue weighted by Gasteiger charge is 2.10. The van der Waals surface area contributed by atoms with Crippen LogP contribution in [-0.2, 0) is 0 Å². The number of hydrogen-bond donors (Lipinski definition) is 2. The average Bonchev–Trinajstić information content (AvgIpc) is 2.38. The molecule has 20 heavy (non-hydrogen) atoms. The summed E-state index contributed by atoms with van der Waals surface area (Å²) in [5, 5.41) is 2.76. The SMILES string of the molecule is CC(C)=Cc1cc(C(=O)Nc2ccccc2)nc(N)n1. The largest absolute Gasteiger partial charge is 0.368 e. The molecule has 102 valence electrons. The second kappa shape index (κ2) is 5.97. The summed E-state index contributed by atoms with van der Waals surface area (Å²) in [6.45, 7) is 3.89. The van der Waals surface area contributed by atoms with Gasteiger partial charge in [-0.25, -0.2) is 9.97 Å². The number of nitrogens with zero attached hydrogens (tertiary/aromatic N) is 2. The van der Waals surface area contributed by atoms with Gasteiger partial charge in [-0.1, -0.05) is 23.8 Å². The van der Waals surface area contributed by atoms with Gasteiger partial charge in [0, 0.05) is 5.69 Å². The van der Waals surface area contributed by atoms with Gasteiger partial charge in [-0.05, 0) is 38.1 Å². The molecule has 0 atom stereocenters. The first-order chi connectivity index (χ1) is 9.54. The maximum absolute atomic E-state index is 12.1. The summed E-state index contributed by atoms with van der Waals surface area (Å²) >= 11 is 0. The third-order valence-corrected chi connectivity index (χ3v) is 2.46. The maximum Gasteiger partial charge on any atom is 0.274 e. The Morgan fingerprint density at radius 3 is 2.55 bits per heavy atom. The van der Waals surface area contributed by atoms with Gasteiger partial charge in [0.05, 0.1) is 5.69 Å². The van der Waals surface area contributed by atoms with Crippen molar-refractivity contribution in [3.63, 3.8) is 0 Å². The first kappa shape index (κ1) is 13.7. The van der Waals surface area contributed by atoms with Gasteiger partial charge in [0.15, 0.2) is 0 Å². The van der Waals surface area contributed by atoms with E-state index in [4.69, 9.17) is 5.73 Å². The molecule has 0 bridgehead atoms. The van der Waals surface area contributed by atoms with Crippen molar-refractivity contribution in [1.29, 1.82) is 0 Å². The van der Waals surface area contributed by atoms with E-state index in [1.165, 1.54) is 0 Å². The molecule has 0 aliphatic carbocycles. The fourth-order valence-electron chi connectivity index (χ4n) is 1.69. The number of nitrogens with two attached hydrogens (primary N) is 1. The molecule has 0 saturated carbocycles. The van der Waals surface area contributed by atoms with Crippen LogP contribution in [0.2, 0.25) is 0 Å². The monoisotopic (exact) mass is 268 g/mol. The lowest BCUT2D eigenvalue weighted by atomic mass is 10.2. The van der Waals surface area contributed by atoms with Gasteiger partial charge in [-0.2, -0.15) is 0 Å². The van der Waals surface area contributed by atoms with Gasteiger partial charge in [0.2, 0.25) is 5.95 Å². The van der Waals surface area contributed by atoms with Crippen molar-refractivity contribution in [3.05, 3.63) is 53.4 Å². The number of nitrogens with one attached hydrogen (secondary N) is 1. The Labute approximate surface area is 117 Å². The highest BCUT2D eigenvalue weighted by atomic mass is 16.1. The highest BCUT2D eigenvalue weighted by Crippen LogP contribution is 2.11. The van der Waals surface area contributed by atoms with Crippen molar-refractivity contribution in [3.8, 4) is 0 Å². The number of carbonyl (C=O) groups excluding carboxylic acids is 1. The fraction of sp³-hybridized carbons (Fsp3) is 0.133. The van der Waals surface area contributed by atoms with E-state index in [-0.39, 0.29) is 17.5 Å². The zero-order valence-electron chi connectivity index (χ0n) is 11.4. The zero-order chi connectivity index (χ0) is 14.5. The minimum absolute atomic E-state index is 0.0817. The molecule has 0 spiro atoms. The van der Waals surface area contributed by atoms with Crippen molar-refractivity contribution < 1.29 is 4.79 Å². The van der Waals surface area contributed by atoms with Gasteiger partial charge in [0.25, 0.3) is 5.91 Å². The molecule has 1 aromatic carbocycles. The van der Waals surface area contributed by atoms with Crippen LogP contribution in [0.25, 0.3) is 6.08 Å². The van der Waals surface area contributed by atoms with E-state index in [1.807, 2.05) is 38.1 Å². The summed E-state index contributed by atoms with van der Waals surface area (Å²) in [5.41, 5.74) is 8.27. The topological polar surface area (TPSA) is 80.9 Å². The summed E-state index contributed by atoms with van der Waals surface area (Å²) in [6.07, 6.45) is 1.84. The Kier molecular flexibility index (Phi) is 4.10. The number of amides is 1. The van der Waals surface area contributed by atoms with Crippen LogP contribution in [0.5, 0.6) is 0 Å². The Morgan fingerprint density at radius 1 is 1.20 bits per heavy atom. The van der Waals surface area contributed by atoms with Crippen molar-refractivity contribution in [2.45, 2.75) is 13.8 Å². The molecule has 1 amide bonds. The molecule has 5 nitrogen and oxygen atoms in total. The molecule has 1 heterocycles. The third-order valence-electron chi connectivity index (χ3n) is 2.46. The molecule has 0 saturated heterocycles. The van der Waals surface area contributed by atoms with Crippen LogP contribution in [0, 0.1) is 0 Å². The molecule has 0 fully saturated rings. The molecular formula is C15H16N4O. The first-order valence-electron chi connectivity index (χ1n) is 6.20. The molecule has 0 radical (unpaired) electrons. The second-order valence-electron chi connectivity index (χ2n) is 4.58. The number of allylic oxidation sites excluding steroid dienone is 1. The van der Waals surface area contributed by atoms with Crippen LogP contribution >= 0.6 is 0 Å². The normalized spacial score (nSPS) is 9.90. The molecular weight excluding hydrogens is 252 g/mol. The zero-order valence-corrected chi connectivity index (χ0v) is 11.4. The summed E-state index contributed by atoms with van der Waals surface area (Å²) in [7, 11) is 0. The van der Waals surface area contributed by atoms with Gasteiger partial charge >= 0.3 is 0 Å². The lowest BCUT2D eigenvalue weighted by Crippen LogP contribution is -2.15. The summed E-state index contributed by atoms with van der Waals surface area (Å²) in [6, 6.07) is 10.8. The van der Waals surface area contributed by atoms with E-state index in [0.717, 1.165) is 5.57 Å². The first-order valence-corrected chi connectivity index (χ1v) is 6.20. The molecule has 3 N–H and O–H groups in total. The van der Waals surface area contributed by atoms with E-state index >= 15 is 0 Å². The van der Waals surface area contributed by atoms with Crippen LogP contribution < -0.4 is 11.1 Å². The maximum atomic E-state index is 12.1. The summed E-state index contributed by atoms with van der Waals surface area (Å²) in [5.74, 6) is -0.230. The molecule has 2 rings (SSSR count). The number of para-hydroxylation sites is 1. The van der Waals surface area contributed by atoms with Crippen molar-refractivity contribution in [1.82, 2.24) is 9.97 Å². The van der Waals surface area contributed by atoms with E-state index in [9.17, 15) is 4.79 Å².